The molecule has 1 aliphatic rings. The molecule has 2 aromatic rings. The van der Waals surface area contributed by atoms with Crippen molar-refractivity contribution in [2.45, 2.75) is 12.8 Å². The van der Waals surface area contributed by atoms with E-state index in [1.54, 1.807) is 17.3 Å². The van der Waals surface area contributed by atoms with Crippen LogP contribution < -0.4 is 10.6 Å². The number of hydrogen-bond acceptors (Lipinski definition) is 4. The van der Waals surface area contributed by atoms with Crippen LogP contribution in [0.4, 0.5) is 5.69 Å². The van der Waals surface area contributed by atoms with Crippen molar-refractivity contribution in [2.24, 2.45) is 5.92 Å². The molecular formula is C14H19N5. The summed E-state index contributed by atoms with van der Waals surface area (Å²) in [7, 11) is 0. The highest BCUT2D eigenvalue weighted by molar-refractivity contribution is 5.48. The van der Waals surface area contributed by atoms with Crippen LogP contribution in [0.25, 0.3) is 5.69 Å². The first-order valence-corrected chi connectivity index (χ1v) is 6.81. The van der Waals surface area contributed by atoms with Gasteiger partial charge in [-0.2, -0.15) is 5.10 Å². The summed E-state index contributed by atoms with van der Waals surface area (Å²) in [4.78, 5) is 3.95. The lowest BCUT2D eigenvalue weighted by molar-refractivity contribution is 0.393. The van der Waals surface area contributed by atoms with E-state index in [0.29, 0.717) is 0 Å². The molecule has 2 heterocycles. The molecular weight excluding hydrogens is 238 g/mol. The van der Waals surface area contributed by atoms with E-state index in [4.69, 9.17) is 0 Å². The summed E-state index contributed by atoms with van der Waals surface area (Å²) in [6, 6.07) is 8.28. The minimum absolute atomic E-state index is 0.740. The van der Waals surface area contributed by atoms with E-state index >= 15 is 0 Å². The molecule has 0 radical (unpaired) electrons. The summed E-state index contributed by atoms with van der Waals surface area (Å²) in [5.74, 6) is 0.740. The highest BCUT2D eigenvalue weighted by Gasteiger charge is 2.12. The average Bonchev–Trinajstić information content (AvgIpc) is 3.01. The maximum atomic E-state index is 4.11. The monoisotopic (exact) mass is 257 g/mol. The lowest BCUT2D eigenvalue weighted by Gasteiger charge is -2.23. The molecule has 1 saturated heterocycles. The van der Waals surface area contributed by atoms with Gasteiger partial charge in [0.05, 0.1) is 5.69 Å². The van der Waals surface area contributed by atoms with Crippen molar-refractivity contribution in [3.8, 4) is 5.69 Å². The van der Waals surface area contributed by atoms with Gasteiger partial charge < -0.3 is 10.6 Å². The molecule has 19 heavy (non-hydrogen) atoms. The van der Waals surface area contributed by atoms with Gasteiger partial charge in [0.2, 0.25) is 0 Å². The number of nitrogens with one attached hydrogen (secondary N) is 2. The second-order valence-corrected chi connectivity index (χ2v) is 4.98. The minimum Gasteiger partial charge on any atom is -0.385 e. The zero-order valence-corrected chi connectivity index (χ0v) is 10.9. The van der Waals surface area contributed by atoms with E-state index in [1.807, 2.05) is 0 Å². The van der Waals surface area contributed by atoms with E-state index in [2.05, 4.69) is 45.0 Å². The molecule has 1 unspecified atom stereocenters. The Balaban J connectivity index is 1.57. The van der Waals surface area contributed by atoms with Gasteiger partial charge in [-0.15, -0.1) is 0 Å². The van der Waals surface area contributed by atoms with Crippen LogP contribution in [0.1, 0.15) is 12.8 Å². The maximum absolute atomic E-state index is 4.11. The predicted molar refractivity (Wildman–Crippen MR) is 75.4 cm³/mol. The lowest BCUT2D eigenvalue weighted by atomic mass is 10.00. The number of nitrogens with zero attached hydrogens (tertiary/aromatic N) is 3. The van der Waals surface area contributed by atoms with Crippen LogP contribution in [0.15, 0.2) is 36.9 Å². The topological polar surface area (TPSA) is 54.8 Å². The Morgan fingerprint density at radius 3 is 2.89 bits per heavy atom. The zero-order valence-electron chi connectivity index (χ0n) is 10.9. The molecule has 0 amide bonds. The third kappa shape index (κ3) is 3.12. The summed E-state index contributed by atoms with van der Waals surface area (Å²) >= 11 is 0. The molecule has 1 aromatic heterocycles. The lowest BCUT2D eigenvalue weighted by Crippen LogP contribution is -2.33. The molecule has 2 N–H and O–H groups in total. The van der Waals surface area contributed by atoms with Crippen molar-refractivity contribution in [2.75, 3.05) is 25.0 Å². The molecule has 3 rings (SSSR count). The van der Waals surface area contributed by atoms with Crippen LogP contribution in [0, 0.1) is 5.92 Å². The molecule has 0 bridgehead atoms. The first-order valence-electron chi connectivity index (χ1n) is 6.81. The fraction of sp³-hybridized carbons (Fsp3) is 0.429. The van der Waals surface area contributed by atoms with Gasteiger partial charge in [-0.05, 0) is 56.1 Å². The molecule has 5 heteroatoms. The molecule has 1 aliphatic heterocycles. The number of aromatic nitrogens is 3. The van der Waals surface area contributed by atoms with Crippen LogP contribution in [0.2, 0.25) is 0 Å². The molecule has 1 atom stereocenters. The largest absolute Gasteiger partial charge is 0.385 e. The Kier molecular flexibility index (Phi) is 3.74. The summed E-state index contributed by atoms with van der Waals surface area (Å²) in [5.41, 5.74) is 2.19. The Morgan fingerprint density at radius 2 is 2.21 bits per heavy atom. The Bertz CT molecular complexity index is 485. The van der Waals surface area contributed by atoms with E-state index < -0.39 is 0 Å². The summed E-state index contributed by atoms with van der Waals surface area (Å²) in [5, 5.41) is 11.1. The fourth-order valence-corrected chi connectivity index (χ4v) is 2.43. The number of benzene rings is 1. The summed E-state index contributed by atoms with van der Waals surface area (Å²) in [6.07, 6.45) is 5.85. The van der Waals surface area contributed by atoms with E-state index in [-0.39, 0.29) is 0 Å². The number of anilines is 1. The number of rotatable bonds is 4. The molecule has 0 spiro atoms. The SMILES string of the molecule is c1ncn(-c2ccc(NCC3CCCNC3)cc2)n1. The van der Waals surface area contributed by atoms with E-state index in [0.717, 1.165) is 30.4 Å². The van der Waals surface area contributed by atoms with Crippen molar-refractivity contribution >= 4 is 5.69 Å². The van der Waals surface area contributed by atoms with E-state index in [9.17, 15) is 0 Å². The quantitative estimate of drug-likeness (QED) is 0.875. The van der Waals surface area contributed by atoms with Gasteiger partial charge in [0.15, 0.2) is 0 Å². The van der Waals surface area contributed by atoms with Gasteiger partial charge >= 0.3 is 0 Å². The average molecular weight is 257 g/mol. The second kappa shape index (κ2) is 5.84. The number of piperidine rings is 1. The van der Waals surface area contributed by atoms with Crippen molar-refractivity contribution in [1.29, 1.82) is 0 Å². The highest BCUT2D eigenvalue weighted by atomic mass is 15.3. The van der Waals surface area contributed by atoms with Crippen molar-refractivity contribution in [3.63, 3.8) is 0 Å². The van der Waals surface area contributed by atoms with Gasteiger partial charge in [0.1, 0.15) is 12.7 Å². The first-order chi connectivity index (χ1) is 9.42. The molecule has 1 fully saturated rings. The second-order valence-electron chi connectivity index (χ2n) is 4.98. The van der Waals surface area contributed by atoms with Crippen molar-refractivity contribution in [3.05, 3.63) is 36.9 Å². The smallest absolute Gasteiger partial charge is 0.138 e. The van der Waals surface area contributed by atoms with Crippen LogP contribution in [-0.4, -0.2) is 34.4 Å². The maximum Gasteiger partial charge on any atom is 0.138 e. The van der Waals surface area contributed by atoms with Crippen LogP contribution in [-0.2, 0) is 0 Å². The van der Waals surface area contributed by atoms with Crippen molar-refractivity contribution < 1.29 is 0 Å². The number of hydrogen-bond donors (Lipinski definition) is 2. The van der Waals surface area contributed by atoms with Gasteiger partial charge in [-0.3, -0.25) is 0 Å². The van der Waals surface area contributed by atoms with Gasteiger partial charge in [-0.25, -0.2) is 9.67 Å². The van der Waals surface area contributed by atoms with Gasteiger partial charge in [0, 0.05) is 12.2 Å². The van der Waals surface area contributed by atoms with Crippen LogP contribution >= 0.6 is 0 Å². The highest BCUT2D eigenvalue weighted by Crippen LogP contribution is 2.15. The molecule has 0 aliphatic carbocycles. The summed E-state index contributed by atoms with van der Waals surface area (Å²) < 4.78 is 1.76. The van der Waals surface area contributed by atoms with Gasteiger partial charge in [0.25, 0.3) is 0 Å². The Morgan fingerprint density at radius 1 is 1.32 bits per heavy atom. The van der Waals surface area contributed by atoms with Crippen LogP contribution in [0.3, 0.4) is 0 Å². The van der Waals surface area contributed by atoms with Crippen molar-refractivity contribution in [1.82, 2.24) is 20.1 Å². The Hall–Kier alpha value is -1.88. The molecule has 100 valence electrons. The van der Waals surface area contributed by atoms with Crippen LogP contribution in [0.5, 0.6) is 0 Å². The fourth-order valence-electron chi connectivity index (χ4n) is 2.43. The molecule has 5 nitrogen and oxygen atoms in total. The summed E-state index contributed by atoms with van der Waals surface area (Å²) in [6.45, 7) is 3.34. The van der Waals surface area contributed by atoms with Gasteiger partial charge in [-0.1, -0.05) is 0 Å². The van der Waals surface area contributed by atoms with E-state index in [1.165, 1.54) is 19.4 Å². The first kappa shape index (κ1) is 12.2. The predicted octanol–water partition coefficient (Wildman–Crippen LogP) is 1.68. The standard InChI is InChI=1S/C14H19N5/c1-2-12(8-15-7-1)9-17-13-3-5-14(6-4-13)19-11-16-10-18-19/h3-6,10-12,15,17H,1-2,7-9H2. The zero-order chi connectivity index (χ0) is 12.9. The minimum atomic E-state index is 0.740. The molecule has 0 saturated carbocycles. The normalized spacial score (nSPS) is 19.3. The molecule has 1 aromatic carbocycles. The third-order valence-electron chi connectivity index (χ3n) is 3.54. The Labute approximate surface area is 113 Å². The third-order valence-corrected chi connectivity index (χ3v) is 3.54.